The van der Waals surface area contributed by atoms with Crippen molar-refractivity contribution in [2.24, 2.45) is 0 Å². The highest BCUT2D eigenvalue weighted by molar-refractivity contribution is 7.99. The maximum absolute atomic E-state index is 11.4. The SMILES string of the molecule is CNC(=O)CCn1c(SCC(=O)O)nc2cccnc21. The van der Waals surface area contributed by atoms with Crippen LogP contribution in [0.1, 0.15) is 6.42 Å². The van der Waals surface area contributed by atoms with Gasteiger partial charge in [-0.25, -0.2) is 9.97 Å². The van der Waals surface area contributed by atoms with Crippen molar-refractivity contribution in [1.29, 1.82) is 0 Å². The number of hydrogen-bond acceptors (Lipinski definition) is 5. The van der Waals surface area contributed by atoms with Crippen LogP contribution in [-0.4, -0.2) is 44.3 Å². The van der Waals surface area contributed by atoms with Crippen molar-refractivity contribution < 1.29 is 14.7 Å². The van der Waals surface area contributed by atoms with E-state index in [0.29, 0.717) is 29.3 Å². The van der Waals surface area contributed by atoms with Gasteiger partial charge in [0, 0.05) is 26.2 Å². The van der Waals surface area contributed by atoms with E-state index in [1.165, 1.54) is 0 Å². The Balaban J connectivity index is 2.29. The van der Waals surface area contributed by atoms with Crippen LogP contribution in [0, 0.1) is 0 Å². The monoisotopic (exact) mass is 294 g/mol. The second-order valence-electron chi connectivity index (χ2n) is 4.00. The third kappa shape index (κ3) is 3.27. The zero-order chi connectivity index (χ0) is 14.5. The molecule has 0 aliphatic rings. The Kier molecular flexibility index (Phi) is 4.57. The molecule has 0 aromatic carbocycles. The van der Waals surface area contributed by atoms with Crippen molar-refractivity contribution in [3.8, 4) is 0 Å². The number of carboxylic acid groups (broad SMARTS) is 1. The van der Waals surface area contributed by atoms with Gasteiger partial charge < -0.3 is 15.0 Å². The third-order valence-corrected chi connectivity index (χ3v) is 3.60. The van der Waals surface area contributed by atoms with Crippen LogP contribution in [0.5, 0.6) is 0 Å². The average molecular weight is 294 g/mol. The first-order valence-electron chi connectivity index (χ1n) is 5.98. The van der Waals surface area contributed by atoms with Gasteiger partial charge in [0.15, 0.2) is 10.8 Å². The number of imidazole rings is 1. The van der Waals surface area contributed by atoms with Crippen LogP contribution in [0.15, 0.2) is 23.5 Å². The molecule has 7 nitrogen and oxygen atoms in total. The molecule has 0 unspecified atom stereocenters. The Morgan fingerprint density at radius 3 is 3.00 bits per heavy atom. The molecule has 2 N–H and O–H groups in total. The van der Waals surface area contributed by atoms with Gasteiger partial charge >= 0.3 is 5.97 Å². The van der Waals surface area contributed by atoms with Gasteiger partial charge in [-0.3, -0.25) is 9.59 Å². The molecule has 0 fully saturated rings. The summed E-state index contributed by atoms with van der Waals surface area (Å²) in [4.78, 5) is 30.6. The highest BCUT2D eigenvalue weighted by Crippen LogP contribution is 2.22. The number of pyridine rings is 1. The zero-order valence-electron chi connectivity index (χ0n) is 10.9. The standard InChI is InChI=1S/C12H14N4O3S/c1-13-9(17)4-6-16-11-8(3-2-5-14-11)15-12(16)20-7-10(18)19/h2-3,5H,4,6-7H2,1H3,(H,13,17)(H,18,19). The normalized spacial score (nSPS) is 10.7. The lowest BCUT2D eigenvalue weighted by molar-refractivity contribution is -0.134. The number of aliphatic carboxylic acids is 1. The first-order valence-corrected chi connectivity index (χ1v) is 6.97. The summed E-state index contributed by atoms with van der Waals surface area (Å²) in [6.45, 7) is 0.412. The molecule has 0 aliphatic heterocycles. The van der Waals surface area contributed by atoms with Crippen molar-refractivity contribution in [1.82, 2.24) is 19.9 Å². The number of thioether (sulfide) groups is 1. The van der Waals surface area contributed by atoms with E-state index in [-0.39, 0.29) is 11.7 Å². The highest BCUT2D eigenvalue weighted by atomic mass is 32.2. The van der Waals surface area contributed by atoms with Gasteiger partial charge in [0.1, 0.15) is 5.52 Å². The summed E-state index contributed by atoms with van der Waals surface area (Å²) >= 11 is 1.12. The summed E-state index contributed by atoms with van der Waals surface area (Å²) in [5.74, 6) is -1.08. The van der Waals surface area contributed by atoms with Crippen molar-refractivity contribution >= 4 is 34.8 Å². The van der Waals surface area contributed by atoms with Crippen molar-refractivity contribution in [2.75, 3.05) is 12.8 Å². The number of nitrogens with zero attached hydrogens (tertiary/aromatic N) is 3. The number of carboxylic acids is 1. The van der Waals surface area contributed by atoms with Crippen LogP contribution in [0.2, 0.25) is 0 Å². The predicted octanol–water partition coefficient (Wildman–Crippen LogP) is 0.744. The molecule has 2 rings (SSSR count). The second kappa shape index (κ2) is 6.38. The lowest BCUT2D eigenvalue weighted by Gasteiger charge is -2.06. The summed E-state index contributed by atoms with van der Waals surface area (Å²) in [5, 5.41) is 11.9. The van der Waals surface area contributed by atoms with E-state index in [0.717, 1.165) is 11.8 Å². The lowest BCUT2D eigenvalue weighted by atomic mass is 10.4. The molecular formula is C12H14N4O3S. The van der Waals surface area contributed by atoms with Crippen LogP contribution < -0.4 is 5.32 Å². The van der Waals surface area contributed by atoms with E-state index in [2.05, 4.69) is 15.3 Å². The summed E-state index contributed by atoms with van der Waals surface area (Å²) in [6, 6.07) is 3.58. The van der Waals surface area contributed by atoms with Crippen LogP contribution in [0.3, 0.4) is 0 Å². The first-order chi connectivity index (χ1) is 9.61. The lowest BCUT2D eigenvalue weighted by Crippen LogP contribution is -2.19. The number of carbonyl (C=O) groups is 2. The second-order valence-corrected chi connectivity index (χ2v) is 4.94. The summed E-state index contributed by atoms with van der Waals surface area (Å²) in [7, 11) is 1.58. The number of aromatic nitrogens is 3. The molecule has 0 saturated carbocycles. The van der Waals surface area contributed by atoms with E-state index >= 15 is 0 Å². The van der Waals surface area contributed by atoms with Gasteiger partial charge in [0.25, 0.3) is 0 Å². The topological polar surface area (TPSA) is 97.1 Å². The molecule has 0 radical (unpaired) electrons. The molecule has 20 heavy (non-hydrogen) atoms. The highest BCUT2D eigenvalue weighted by Gasteiger charge is 2.14. The average Bonchev–Trinajstić information content (AvgIpc) is 2.80. The fraction of sp³-hybridized carbons (Fsp3) is 0.333. The van der Waals surface area contributed by atoms with Gasteiger partial charge in [0.05, 0.1) is 5.75 Å². The molecule has 0 spiro atoms. The largest absolute Gasteiger partial charge is 0.481 e. The van der Waals surface area contributed by atoms with Gasteiger partial charge in [-0.2, -0.15) is 0 Å². The summed E-state index contributed by atoms with van der Waals surface area (Å²) in [5.41, 5.74) is 1.35. The Morgan fingerprint density at radius 1 is 1.50 bits per heavy atom. The number of hydrogen-bond donors (Lipinski definition) is 2. The number of aryl methyl sites for hydroxylation is 1. The number of fused-ring (bicyclic) bond motifs is 1. The quantitative estimate of drug-likeness (QED) is 0.763. The Hall–Kier alpha value is -2.09. The van der Waals surface area contributed by atoms with Crippen LogP contribution in [0.25, 0.3) is 11.2 Å². The number of rotatable bonds is 6. The fourth-order valence-corrected chi connectivity index (χ4v) is 2.46. The first kappa shape index (κ1) is 14.3. The molecule has 0 saturated heterocycles. The van der Waals surface area contributed by atoms with Crippen molar-refractivity contribution in [3.63, 3.8) is 0 Å². The third-order valence-electron chi connectivity index (χ3n) is 2.63. The fourth-order valence-electron chi connectivity index (χ4n) is 1.71. The van der Waals surface area contributed by atoms with E-state index in [1.54, 1.807) is 23.9 Å². The van der Waals surface area contributed by atoms with Crippen LogP contribution in [-0.2, 0) is 16.1 Å². The minimum atomic E-state index is -0.909. The van der Waals surface area contributed by atoms with E-state index in [9.17, 15) is 9.59 Å². The predicted molar refractivity (Wildman–Crippen MR) is 74.6 cm³/mol. The maximum Gasteiger partial charge on any atom is 0.313 e. The molecule has 106 valence electrons. The molecular weight excluding hydrogens is 280 g/mol. The molecule has 0 aliphatic carbocycles. The number of carbonyl (C=O) groups excluding carboxylic acids is 1. The Bertz CT molecular complexity index is 641. The van der Waals surface area contributed by atoms with Crippen molar-refractivity contribution in [2.45, 2.75) is 18.1 Å². The molecule has 1 amide bonds. The van der Waals surface area contributed by atoms with Gasteiger partial charge in [0.2, 0.25) is 5.91 Å². The van der Waals surface area contributed by atoms with Crippen LogP contribution >= 0.6 is 11.8 Å². The minimum Gasteiger partial charge on any atom is -0.481 e. The molecule has 2 aromatic heterocycles. The van der Waals surface area contributed by atoms with Gasteiger partial charge in [-0.1, -0.05) is 11.8 Å². The molecule has 2 heterocycles. The van der Waals surface area contributed by atoms with Gasteiger partial charge in [-0.05, 0) is 12.1 Å². The Labute approximate surface area is 119 Å². The maximum atomic E-state index is 11.4. The molecule has 0 bridgehead atoms. The number of nitrogens with one attached hydrogen (secondary N) is 1. The number of amides is 1. The zero-order valence-corrected chi connectivity index (χ0v) is 11.7. The van der Waals surface area contributed by atoms with E-state index < -0.39 is 5.97 Å². The summed E-state index contributed by atoms with van der Waals surface area (Å²) < 4.78 is 1.78. The van der Waals surface area contributed by atoms with Gasteiger partial charge in [-0.15, -0.1) is 0 Å². The summed E-state index contributed by atoms with van der Waals surface area (Å²) in [6.07, 6.45) is 1.94. The van der Waals surface area contributed by atoms with E-state index in [4.69, 9.17) is 5.11 Å². The minimum absolute atomic E-state index is 0.0801. The van der Waals surface area contributed by atoms with Crippen molar-refractivity contribution in [3.05, 3.63) is 18.3 Å². The molecule has 0 atom stereocenters. The Morgan fingerprint density at radius 2 is 2.30 bits per heavy atom. The van der Waals surface area contributed by atoms with E-state index in [1.807, 2.05) is 6.07 Å². The molecule has 2 aromatic rings. The smallest absolute Gasteiger partial charge is 0.313 e. The van der Waals surface area contributed by atoms with Crippen LogP contribution in [0.4, 0.5) is 0 Å². The molecule has 8 heteroatoms.